The van der Waals surface area contributed by atoms with Crippen LogP contribution in [0.3, 0.4) is 0 Å². The van der Waals surface area contributed by atoms with Crippen LogP contribution in [0.4, 0.5) is 4.39 Å². The molecule has 18 heavy (non-hydrogen) atoms. The van der Waals surface area contributed by atoms with E-state index in [0.29, 0.717) is 18.3 Å². The predicted molar refractivity (Wildman–Crippen MR) is 73.2 cm³/mol. The Hall–Kier alpha value is -1.20. The fourth-order valence-corrected chi connectivity index (χ4v) is 1.90. The lowest BCUT2D eigenvalue weighted by atomic mass is 10.3. The monoisotopic (exact) mass is 311 g/mol. The molecule has 0 fully saturated rings. The molecule has 0 unspecified atom stereocenters. The molecule has 2 aromatic rings. The molecule has 0 aliphatic rings. The standard InChI is InChI=1S/C13H15BrFN3/c1-9(2)16-8-11-5-6-18(17-11)13-4-3-10(14)7-12(13)15/h3-7,9,16H,8H2,1-2H3. The Bertz CT molecular complexity index is 537. The van der Waals surface area contributed by atoms with Gasteiger partial charge < -0.3 is 5.32 Å². The van der Waals surface area contributed by atoms with Crippen molar-refractivity contribution in [2.75, 3.05) is 0 Å². The van der Waals surface area contributed by atoms with Crippen LogP contribution in [0.25, 0.3) is 5.69 Å². The number of hydrogen-bond acceptors (Lipinski definition) is 2. The lowest BCUT2D eigenvalue weighted by Gasteiger charge is -2.06. The Balaban J connectivity index is 2.18. The Morgan fingerprint density at radius 3 is 2.83 bits per heavy atom. The first-order chi connectivity index (χ1) is 8.56. The summed E-state index contributed by atoms with van der Waals surface area (Å²) in [6, 6.07) is 7.22. The maximum atomic E-state index is 13.8. The van der Waals surface area contributed by atoms with E-state index < -0.39 is 0 Å². The zero-order valence-corrected chi connectivity index (χ0v) is 11.9. The quantitative estimate of drug-likeness (QED) is 0.939. The summed E-state index contributed by atoms with van der Waals surface area (Å²) in [4.78, 5) is 0. The molecular formula is C13H15BrFN3. The maximum absolute atomic E-state index is 13.8. The van der Waals surface area contributed by atoms with Gasteiger partial charge in [-0.2, -0.15) is 5.10 Å². The van der Waals surface area contributed by atoms with Crippen molar-refractivity contribution >= 4 is 15.9 Å². The van der Waals surface area contributed by atoms with Gasteiger partial charge in [0.15, 0.2) is 0 Å². The van der Waals surface area contributed by atoms with Gasteiger partial charge >= 0.3 is 0 Å². The van der Waals surface area contributed by atoms with Gasteiger partial charge in [0.25, 0.3) is 0 Å². The zero-order valence-electron chi connectivity index (χ0n) is 10.3. The van der Waals surface area contributed by atoms with Gasteiger partial charge in [0.1, 0.15) is 11.5 Å². The third-order valence-electron chi connectivity index (χ3n) is 2.49. The van der Waals surface area contributed by atoms with Crippen LogP contribution in [0.5, 0.6) is 0 Å². The Kier molecular flexibility index (Phi) is 4.14. The zero-order chi connectivity index (χ0) is 13.1. The van der Waals surface area contributed by atoms with Gasteiger partial charge in [0.05, 0.1) is 5.69 Å². The second-order valence-electron chi connectivity index (χ2n) is 4.38. The predicted octanol–water partition coefficient (Wildman–Crippen LogP) is 3.27. The Morgan fingerprint density at radius 2 is 2.17 bits per heavy atom. The third kappa shape index (κ3) is 3.17. The van der Waals surface area contributed by atoms with Crippen molar-refractivity contribution in [2.24, 2.45) is 0 Å². The highest BCUT2D eigenvalue weighted by molar-refractivity contribution is 9.10. The van der Waals surface area contributed by atoms with Crippen LogP contribution in [0.1, 0.15) is 19.5 Å². The minimum Gasteiger partial charge on any atom is -0.309 e. The summed E-state index contributed by atoms with van der Waals surface area (Å²) in [5.74, 6) is -0.296. The minimum absolute atomic E-state index is 0.296. The first-order valence-corrected chi connectivity index (χ1v) is 6.59. The van der Waals surface area contributed by atoms with E-state index in [2.05, 4.69) is 40.2 Å². The van der Waals surface area contributed by atoms with Gasteiger partial charge in [-0.3, -0.25) is 0 Å². The molecule has 5 heteroatoms. The number of nitrogens with zero attached hydrogens (tertiary/aromatic N) is 2. The summed E-state index contributed by atoms with van der Waals surface area (Å²) in [5, 5.41) is 7.62. The van der Waals surface area contributed by atoms with Crippen molar-refractivity contribution < 1.29 is 4.39 Å². The summed E-state index contributed by atoms with van der Waals surface area (Å²) >= 11 is 3.24. The van der Waals surface area contributed by atoms with Crippen molar-refractivity contribution in [3.8, 4) is 5.69 Å². The fraction of sp³-hybridized carbons (Fsp3) is 0.308. The van der Waals surface area contributed by atoms with Crippen molar-refractivity contribution in [3.05, 3.63) is 46.4 Å². The topological polar surface area (TPSA) is 29.9 Å². The Morgan fingerprint density at radius 1 is 1.39 bits per heavy atom. The van der Waals surface area contributed by atoms with Crippen LogP contribution in [0.2, 0.25) is 0 Å². The molecule has 1 N–H and O–H groups in total. The molecule has 0 amide bonds. The van der Waals surface area contributed by atoms with E-state index in [1.165, 1.54) is 6.07 Å². The molecule has 0 aliphatic carbocycles. The second-order valence-corrected chi connectivity index (χ2v) is 5.30. The van der Waals surface area contributed by atoms with Crippen LogP contribution in [-0.2, 0) is 6.54 Å². The van der Waals surface area contributed by atoms with Gasteiger partial charge in [-0.1, -0.05) is 29.8 Å². The number of rotatable bonds is 4. The molecule has 3 nitrogen and oxygen atoms in total. The van der Waals surface area contributed by atoms with Gasteiger partial charge in [0, 0.05) is 23.3 Å². The molecule has 1 heterocycles. The van der Waals surface area contributed by atoms with E-state index in [0.717, 1.165) is 10.2 Å². The highest BCUT2D eigenvalue weighted by Crippen LogP contribution is 2.18. The van der Waals surface area contributed by atoms with Crippen LogP contribution in [-0.4, -0.2) is 15.8 Å². The minimum atomic E-state index is -0.296. The summed E-state index contributed by atoms with van der Waals surface area (Å²) in [7, 11) is 0. The van der Waals surface area contributed by atoms with E-state index in [-0.39, 0.29) is 5.82 Å². The van der Waals surface area contributed by atoms with Gasteiger partial charge in [0.2, 0.25) is 0 Å². The van der Waals surface area contributed by atoms with Crippen molar-refractivity contribution in [3.63, 3.8) is 0 Å². The van der Waals surface area contributed by atoms with E-state index in [4.69, 9.17) is 0 Å². The maximum Gasteiger partial charge on any atom is 0.149 e. The van der Waals surface area contributed by atoms with Crippen LogP contribution in [0, 0.1) is 5.82 Å². The molecule has 0 aliphatic heterocycles. The molecule has 0 bridgehead atoms. The number of hydrogen-bond donors (Lipinski definition) is 1. The number of nitrogens with one attached hydrogen (secondary N) is 1. The molecule has 1 aromatic heterocycles. The second kappa shape index (κ2) is 5.63. The van der Waals surface area contributed by atoms with Crippen molar-refractivity contribution in [2.45, 2.75) is 26.4 Å². The molecule has 0 radical (unpaired) electrons. The van der Waals surface area contributed by atoms with Gasteiger partial charge in [-0.15, -0.1) is 0 Å². The normalized spacial score (nSPS) is 11.2. The smallest absolute Gasteiger partial charge is 0.149 e. The molecule has 2 rings (SSSR count). The third-order valence-corrected chi connectivity index (χ3v) is 2.99. The van der Waals surface area contributed by atoms with Gasteiger partial charge in [-0.05, 0) is 24.3 Å². The average Bonchev–Trinajstić information content (AvgIpc) is 2.75. The summed E-state index contributed by atoms with van der Waals surface area (Å²) in [6.45, 7) is 4.83. The average molecular weight is 312 g/mol. The van der Waals surface area contributed by atoms with Crippen molar-refractivity contribution in [1.29, 1.82) is 0 Å². The summed E-state index contributed by atoms with van der Waals surface area (Å²) in [6.07, 6.45) is 1.77. The van der Waals surface area contributed by atoms with E-state index in [9.17, 15) is 4.39 Å². The van der Waals surface area contributed by atoms with E-state index in [1.807, 2.05) is 6.07 Å². The highest BCUT2D eigenvalue weighted by Gasteiger charge is 2.07. The van der Waals surface area contributed by atoms with E-state index >= 15 is 0 Å². The molecule has 96 valence electrons. The molecular weight excluding hydrogens is 297 g/mol. The molecule has 0 saturated carbocycles. The molecule has 1 aromatic carbocycles. The molecule has 0 atom stereocenters. The number of aromatic nitrogens is 2. The summed E-state index contributed by atoms with van der Waals surface area (Å²) in [5.41, 5.74) is 1.35. The van der Waals surface area contributed by atoms with Crippen LogP contribution >= 0.6 is 15.9 Å². The number of halogens is 2. The first-order valence-electron chi connectivity index (χ1n) is 5.79. The first kappa shape index (κ1) is 13.2. The van der Waals surface area contributed by atoms with E-state index in [1.54, 1.807) is 23.0 Å². The number of benzene rings is 1. The SMILES string of the molecule is CC(C)NCc1ccn(-c2ccc(Br)cc2F)n1. The van der Waals surface area contributed by atoms with Gasteiger partial charge in [-0.25, -0.2) is 9.07 Å². The summed E-state index contributed by atoms with van der Waals surface area (Å²) < 4.78 is 16.0. The highest BCUT2D eigenvalue weighted by atomic mass is 79.9. The fourth-order valence-electron chi connectivity index (χ4n) is 1.57. The molecule has 0 spiro atoms. The lowest BCUT2D eigenvalue weighted by Crippen LogP contribution is -2.22. The van der Waals surface area contributed by atoms with Crippen LogP contribution in [0.15, 0.2) is 34.9 Å². The molecule has 0 saturated heterocycles. The largest absolute Gasteiger partial charge is 0.309 e. The van der Waals surface area contributed by atoms with Crippen LogP contribution < -0.4 is 5.32 Å². The Labute approximate surface area is 114 Å². The lowest BCUT2D eigenvalue weighted by molar-refractivity contribution is 0.574. The van der Waals surface area contributed by atoms with Crippen molar-refractivity contribution in [1.82, 2.24) is 15.1 Å².